The highest BCUT2D eigenvalue weighted by molar-refractivity contribution is 7.17. The van der Waals surface area contributed by atoms with E-state index < -0.39 is 0 Å². The molecule has 0 atom stereocenters. The van der Waals surface area contributed by atoms with Crippen LogP contribution in [0.1, 0.15) is 16.6 Å². The van der Waals surface area contributed by atoms with Gasteiger partial charge in [0.2, 0.25) is 0 Å². The van der Waals surface area contributed by atoms with Gasteiger partial charge in [-0.1, -0.05) is 12.1 Å². The Balaban J connectivity index is 2.30. The molecule has 17 heavy (non-hydrogen) atoms. The molecule has 3 heteroatoms. The van der Waals surface area contributed by atoms with Crippen LogP contribution in [-0.2, 0) is 0 Å². The molecule has 0 bridgehead atoms. The van der Waals surface area contributed by atoms with Gasteiger partial charge in [-0.25, -0.2) is 0 Å². The monoisotopic (exact) mass is 245 g/mol. The molecule has 2 rings (SSSR count). The number of rotatable bonds is 3. The minimum atomic E-state index is 0.131. The molecule has 2 aromatic rings. The highest BCUT2D eigenvalue weighted by atomic mass is 32.1. The maximum atomic E-state index is 11.2. The number of ketones is 1. The molecule has 0 unspecified atom stereocenters. The number of hydrogen-bond acceptors (Lipinski definition) is 3. The molecule has 2 nitrogen and oxygen atoms in total. The fourth-order valence-corrected chi connectivity index (χ4v) is 2.51. The van der Waals surface area contributed by atoms with Crippen molar-refractivity contribution in [1.82, 2.24) is 0 Å². The molecular weight excluding hydrogens is 230 g/mol. The molecule has 0 aliphatic heterocycles. The van der Waals surface area contributed by atoms with Crippen LogP contribution in [0, 0.1) is 0 Å². The van der Waals surface area contributed by atoms with Gasteiger partial charge in [0, 0.05) is 24.7 Å². The summed E-state index contributed by atoms with van der Waals surface area (Å²) in [6.07, 6.45) is 0. The van der Waals surface area contributed by atoms with Gasteiger partial charge in [-0.15, -0.1) is 11.3 Å². The zero-order valence-corrected chi connectivity index (χ0v) is 11.0. The number of carbonyl (C=O) groups is 1. The molecule has 88 valence electrons. The Morgan fingerprint density at radius 2 is 1.71 bits per heavy atom. The van der Waals surface area contributed by atoms with Gasteiger partial charge in [0.1, 0.15) is 0 Å². The summed E-state index contributed by atoms with van der Waals surface area (Å²) in [6, 6.07) is 12.2. The van der Waals surface area contributed by atoms with E-state index in [4.69, 9.17) is 0 Å². The SMILES string of the molecule is CC(=O)c1ccc(-c2ccc(N(C)C)cc2)s1. The molecule has 0 fully saturated rings. The Morgan fingerprint density at radius 3 is 2.18 bits per heavy atom. The molecule has 1 aromatic heterocycles. The highest BCUT2D eigenvalue weighted by Gasteiger charge is 2.06. The summed E-state index contributed by atoms with van der Waals surface area (Å²) >= 11 is 1.55. The van der Waals surface area contributed by atoms with Gasteiger partial charge < -0.3 is 4.90 Å². The van der Waals surface area contributed by atoms with E-state index in [2.05, 4.69) is 29.2 Å². The van der Waals surface area contributed by atoms with Gasteiger partial charge in [-0.05, 0) is 36.8 Å². The Bertz CT molecular complexity index is 525. The topological polar surface area (TPSA) is 20.3 Å². The summed E-state index contributed by atoms with van der Waals surface area (Å²) in [4.78, 5) is 15.3. The first kappa shape index (κ1) is 11.9. The van der Waals surface area contributed by atoms with Crippen LogP contribution in [-0.4, -0.2) is 19.9 Å². The molecule has 0 saturated heterocycles. The second kappa shape index (κ2) is 4.72. The van der Waals surface area contributed by atoms with Crippen molar-refractivity contribution in [3.05, 3.63) is 41.3 Å². The number of hydrogen-bond donors (Lipinski definition) is 0. The minimum absolute atomic E-state index is 0.131. The molecule has 0 N–H and O–H groups in total. The fraction of sp³-hybridized carbons (Fsp3) is 0.214. The van der Waals surface area contributed by atoms with Gasteiger partial charge in [0.15, 0.2) is 5.78 Å². The number of carbonyl (C=O) groups excluding carboxylic acids is 1. The number of Topliss-reactive ketones (excluding diaryl/α,β-unsaturated/α-hetero) is 1. The minimum Gasteiger partial charge on any atom is -0.378 e. The first-order valence-electron chi connectivity index (χ1n) is 5.46. The molecule has 0 spiro atoms. The third-order valence-electron chi connectivity index (χ3n) is 2.62. The Hall–Kier alpha value is -1.61. The van der Waals surface area contributed by atoms with Crippen LogP contribution < -0.4 is 4.90 Å². The molecule has 0 aliphatic carbocycles. The van der Waals surface area contributed by atoms with Gasteiger partial charge in [0.25, 0.3) is 0 Å². The number of benzene rings is 1. The number of thiophene rings is 1. The summed E-state index contributed by atoms with van der Waals surface area (Å²) in [7, 11) is 4.04. The predicted octanol–water partition coefficient (Wildman–Crippen LogP) is 3.68. The summed E-state index contributed by atoms with van der Waals surface area (Å²) in [5.74, 6) is 0.131. The second-order valence-electron chi connectivity index (χ2n) is 4.16. The van der Waals surface area contributed by atoms with Crippen molar-refractivity contribution in [2.24, 2.45) is 0 Å². The predicted molar refractivity (Wildman–Crippen MR) is 74.1 cm³/mol. The molecule has 0 saturated carbocycles. The summed E-state index contributed by atoms with van der Waals surface area (Å²) in [5, 5.41) is 0. The zero-order chi connectivity index (χ0) is 12.4. The Labute approximate surface area is 106 Å². The number of anilines is 1. The lowest BCUT2D eigenvalue weighted by molar-refractivity contribution is 0.102. The van der Waals surface area contributed by atoms with Crippen LogP contribution >= 0.6 is 11.3 Å². The van der Waals surface area contributed by atoms with E-state index in [1.54, 1.807) is 18.3 Å². The lowest BCUT2D eigenvalue weighted by atomic mass is 10.1. The van der Waals surface area contributed by atoms with Crippen LogP contribution in [0.4, 0.5) is 5.69 Å². The summed E-state index contributed by atoms with van der Waals surface area (Å²) in [6.45, 7) is 1.60. The second-order valence-corrected chi connectivity index (χ2v) is 5.25. The first-order valence-corrected chi connectivity index (χ1v) is 6.28. The molecule has 1 heterocycles. The van der Waals surface area contributed by atoms with Crippen LogP contribution in [0.25, 0.3) is 10.4 Å². The highest BCUT2D eigenvalue weighted by Crippen LogP contribution is 2.29. The Morgan fingerprint density at radius 1 is 1.06 bits per heavy atom. The average molecular weight is 245 g/mol. The maximum Gasteiger partial charge on any atom is 0.169 e. The molecule has 0 radical (unpaired) electrons. The van der Waals surface area contributed by atoms with E-state index in [1.807, 2.05) is 26.2 Å². The van der Waals surface area contributed by atoms with E-state index in [0.29, 0.717) is 0 Å². The van der Waals surface area contributed by atoms with Crippen molar-refractivity contribution < 1.29 is 4.79 Å². The van der Waals surface area contributed by atoms with Gasteiger partial charge >= 0.3 is 0 Å². The molecule has 0 aliphatic rings. The molecule has 0 amide bonds. The standard InChI is InChI=1S/C14H15NOS/c1-10(16)13-8-9-14(17-13)11-4-6-12(7-5-11)15(2)3/h4-9H,1-3H3. The van der Waals surface area contributed by atoms with Gasteiger partial charge in [-0.2, -0.15) is 0 Å². The lowest BCUT2D eigenvalue weighted by Gasteiger charge is -2.12. The largest absolute Gasteiger partial charge is 0.378 e. The van der Waals surface area contributed by atoms with Crippen LogP contribution in [0.15, 0.2) is 36.4 Å². The molecule has 1 aromatic carbocycles. The van der Waals surface area contributed by atoms with Crippen molar-refractivity contribution in [1.29, 1.82) is 0 Å². The summed E-state index contributed by atoms with van der Waals surface area (Å²) < 4.78 is 0. The quantitative estimate of drug-likeness (QED) is 0.769. The lowest BCUT2D eigenvalue weighted by Crippen LogP contribution is -2.07. The smallest absolute Gasteiger partial charge is 0.169 e. The fourth-order valence-electron chi connectivity index (χ4n) is 1.61. The third-order valence-corrected chi connectivity index (χ3v) is 3.86. The third kappa shape index (κ3) is 2.56. The van der Waals surface area contributed by atoms with Gasteiger partial charge in [-0.3, -0.25) is 4.79 Å². The van der Waals surface area contributed by atoms with Crippen LogP contribution in [0.5, 0.6) is 0 Å². The van der Waals surface area contributed by atoms with Crippen molar-refractivity contribution in [3.8, 4) is 10.4 Å². The maximum absolute atomic E-state index is 11.2. The first-order chi connectivity index (χ1) is 8.08. The van der Waals surface area contributed by atoms with E-state index in [1.165, 1.54) is 5.69 Å². The Kier molecular flexibility index (Phi) is 3.29. The van der Waals surface area contributed by atoms with Crippen molar-refractivity contribution in [2.45, 2.75) is 6.92 Å². The van der Waals surface area contributed by atoms with Crippen LogP contribution in [0.3, 0.4) is 0 Å². The van der Waals surface area contributed by atoms with Gasteiger partial charge in [0.05, 0.1) is 4.88 Å². The van der Waals surface area contributed by atoms with E-state index >= 15 is 0 Å². The zero-order valence-electron chi connectivity index (χ0n) is 10.2. The van der Waals surface area contributed by atoms with Crippen molar-refractivity contribution >= 4 is 22.8 Å². The normalized spacial score (nSPS) is 10.3. The van der Waals surface area contributed by atoms with Crippen molar-refractivity contribution in [2.75, 3.05) is 19.0 Å². The van der Waals surface area contributed by atoms with E-state index in [-0.39, 0.29) is 5.78 Å². The van der Waals surface area contributed by atoms with Crippen molar-refractivity contribution in [3.63, 3.8) is 0 Å². The average Bonchev–Trinajstić information content (AvgIpc) is 2.78. The summed E-state index contributed by atoms with van der Waals surface area (Å²) in [5.41, 5.74) is 2.34. The molecular formula is C14H15NOS. The van der Waals surface area contributed by atoms with E-state index in [9.17, 15) is 4.79 Å². The number of nitrogens with zero attached hydrogens (tertiary/aromatic N) is 1. The van der Waals surface area contributed by atoms with E-state index in [0.717, 1.165) is 15.3 Å². The van der Waals surface area contributed by atoms with Crippen LogP contribution in [0.2, 0.25) is 0 Å².